The van der Waals surface area contributed by atoms with Gasteiger partial charge in [0.25, 0.3) is 0 Å². The van der Waals surface area contributed by atoms with Crippen molar-refractivity contribution in [1.82, 2.24) is 4.98 Å². The smallest absolute Gasteiger partial charge is 0.226 e. The minimum Gasteiger partial charge on any atom is -0.496 e. The van der Waals surface area contributed by atoms with Gasteiger partial charge in [-0.1, -0.05) is 24.3 Å². The van der Waals surface area contributed by atoms with Gasteiger partial charge in [-0.15, -0.1) is 23.1 Å². The lowest BCUT2D eigenvalue weighted by atomic mass is 10.1. The average Bonchev–Trinajstić information content (AvgIpc) is 3.11. The molecular weight excluding hydrogens is 371 g/mol. The Morgan fingerprint density at radius 2 is 2.00 bits per heavy atom. The number of para-hydroxylation sites is 1. The van der Waals surface area contributed by atoms with Crippen LogP contribution >= 0.6 is 23.1 Å². The van der Waals surface area contributed by atoms with Gasteiger partial charge in [0.15, 0.2) is 5.13 Å². The first-order valence-electron chi connectivity index (χ1n) is 7.93. The molecule has 0 unspecified atom stereocenters. The number of aromatic nitrogens is 1. The van der Waals surface area contributed by atoms with Crippen LogP contribution in [0.15, 0.2) is 58.8 Å². The second-order valence-corrected chi connectivity index (χ2v) is 7.31. The number of methoxy groups -OCH3 is 1. The van der Waals surface area contributed by atoms with Crippen LogP contribution in [-0.4, -0.2) is 23.8 Å². The van der Waals surface area contributed by atoms with Gasteiger partial charge < -0.3 is 10.1 Å². The molecule has 3 rings (SSSR count). The van der Waals surface area contributed by atoms with Crippen LogP contribution in [0, 0.1) is 5.82 Å². The van der Waals surface area contributed by atoms with E-state index in [0.717, 1.165) is 17.0 Å². The lowest BCUT2D eigenvalue weighted by Crippen LogP contribution is -2.12. The second kappa shape index (κ2) is 8.82. The number of ether oxygens (including phenoxy) is 1. The Balaban J connectivity index is 1.55. The fraction of sp³-hybridized carbons (Fsp3) is 0.158. The van der Waals surface area contributed by atoms with Crippen molar-refractivity contribution in [2.75, 3.05) is 18.2 Å². The fourth-order valence-corrected chi connectivity index (χ4v) is 3.92. The van der Waals surface area contributed by atoms with E-state index in [9.17, 15) is 9.18 Å². The van der Waals surface area contributed by atoms with Crippen LogP contribution in [0.2, 0.25) is 0 Å². The molecule has 26 heavy (non-hydrogen) atoms. The van der Waals surface area contributed by atoms with Crippen molar-refractivity contribution in [2.24, 2.45) is 0 Å². The molecule has 0 saturated carbocycles. The van der Waals surface area contributed by atoms with E-state index in [1.807, 2.05) is 29.6 Å². The topological polar surface area (TPSA) is 51.2 Å². The average molecular weight is 388 g/mol. The summed E-state index contributed by atoms with van der Waals surface area (Å²) in [6.45, 7) is 0. The van der Waals surface area contributed by atoms with Gasteiger partial charge >= 0.3 is 0 Å². The highest BCUT2D eigenvalue weighted by atomic mass is 32.2. The number of thioether (sulfide) groups is 1. The first-order valence-corrected chi connectivity index (χ1v) is 9.80. The highest BCUT2D eigenvalue weighted by Crippen LogP contribution is 2.32. The molecule has 1 N–H and O–H groups in total. The number of nitrogens with one attached hydrogen (secondary N) is 1. The van der Waals surface area contributed by atoms with Gasteiger partial charge in [-0.3, -0.25) is 4.79 Å². The van der Waals surface area contributed by atoms with Crippen LogP contribution in [0.1, 0.15) is 6.42 Å². The van der Waals surface area contributed by atoms with Crippen LogP contribution in [-0.2, 0) is 4.79 Å². The summed E-state index contributed by atoms with van der Waals surface area (Å²) < 4.78 is 18.9. The summed E-state index contributed by atoms with van der Waals surface area (Å²) >= 11 is 2.68. The molecule has 1 amide bonds. The summed E-state index contributed by atoms with van der Waals surface area (Å²) in [5, 5.41) is 5.20. The summed E-state index contributed by atoms with van der Waals surface area (Å²) in [7, 11) is 1.61. The highest BCUT2D eigenvalue weighted by molar-refractivity contribution is 7.99. The Labute approximate surface area is 159 Å². The number of carbonyl (C=O) groups is 1. The van der Waals surface area contributed by atoms with Crippen molar-refractivity contribution in [2.45, 2.75) is 11.3 Å². The molecule has 0 atom stereocenters. The standard InChI is InChI=1S/C19H17FN2O2S2/c1-24-16-8-4-2-6-13(16)15-12-26-19(21-15)22-18(23)10-11-25-17-9-5-3-7-14(17)20/h2-9,12H,10-11H2,1H3,(H,21,22,23). The Bertz CT molecular complexity index is 899. The molecule has 3 aromatic rings. The number of hydrogen-bond acceptors (Lipinski definition) is 5. The summed E-state index contributed by atoms with van der Waals surface area (Å²) in [6, 6.07) is 14.1. The number of anilines is 1. The third-order valence-electron chi connectivity index (χ3n) is 3.56. The Morgan fingerprint density at radius 1 is 1.23 bits per heavy atom. The molecule has 0 bridgehead atoms. The normalized spacial score (nSPS) is 10.5. The molecule has 7 heteroatoms. The van der Waals surface area contributed by atoms with Gasteiger partial charge in [-0.05, 0) is 24.3 Å². The second-order valence-electron chi connectivity index (χ2n) is 5.32. The molecule has 0 fully saturated rings. The zero-order valence-electron chi connectivity index (χ0n) is 14.1. The number of halogens is 1. The van der Waals surface area contributed by atoms with Crippen molar-refractivity contribution in [3.63, 3.8) is 0 Å². The zero-order valence-corrected chi connectivity index (χ0v) is 15.7. The lowest BCUT2D eigenvalue weighted by molar-refractivity contribution is -0.115. The lowest BCUT2D eigenvalue weighted by Gasteiger charge is -2.05. The zero-order chi connectivity index (χ0) is 18.4. The maximum atomic E-state index is 13.5. The minimum absolute atomic E-state index is 0.144. The van der Waals surface area contributed by atoms with E-state index in [4.69, 9.17) is 4.74 Å². The molecule has 0 saturated heterocycles. The van der Waals surface area contributed by atoms with Crippen molar-refractivity contribution in [3.8, 4) is 17.0 Å². The van der Waals surface area contributed by atoms with Crippen molar-refractivity contribution in [3.05, 3.63) is 59.7 Å². The number of nitrogens with zero attached hydrogens (tertiary/aromatic N) is 1. The van der Waals surface area contributed by atoms with E-state index in [1.165, 1.54) is 29.2 Å². The summed E-state index contributed by atoms with van der Waals surface area (Å²) in [5.41, 5.74) is 1.63. The highest BCUT2D eigenvalue weighted by Gasteiger charge is 2.11. The first kappa shape index (κ1) is 18.4. The third-order valence-corrected chi connectivity index (χ3v) is 5.36. The molecule has 2 aromatic carbocycles. The molecule has 0 aliphatic rings. The quantitative estimate of drug-likeness (QED) is 0.574. The first-order chi connectivity index (χ1) is 12.7. The maximum Gasteiger partial charge on any atom is 0.226 e. The largest absolute Gasteiger partial charge is 0.496 e. The molecule has 0 radical (unpaired) electrons. The minimum atomic E-state index is -0.265. The van der Waals surface area contributed by atoms with E-state index in [2.05, 4.69) is 10.3 Å². The van der Waals surface area contributed by atoms with Crippen molar-refractivity contribution in [1.29, 1.82) is 0 Å². The maximum absolute atomic E-state index is 13.5. The monoisotopic (exact) mass is 388 g/mol. The van der Waals surface area contributed by atoms with E-state index in [1.54, 1.807) is 25.3 Å². The van der Waals surface area contributed by atoms with E-state index in [-0.39, 0.29) is 18.1 Å². The van der Waals surface area contributed by atoms with Crippen LogP contribution in [0.4, 0.5) is 9.52 Å². The van der Waals surface area contributed by atoms with E-state index in [0.29, 0.717) is 15.8 Å². The molecular formula is C19H17FN2O2S2. The van der Waals surface area contributed by atoms with Gasteiger partial charge in [-0.2, -0.15) is 0 Å². The molecule has 4 nitrogen and oxygen atoms in total. The van der Waals surface area contributed by atoms with Gasteiger partial charge in [-0.25, -0.2) is 9.37 Å². The van der Waals surface area contributed by atoms with Crippen LogP contribution < -0.4 is 10.1 Å². The summed E-state index contributed by atoms with van der Waals surface area (Å²) in [4.78, 5) is 17.1. The van der Waals surface area contributed by atoms with Gasteiger partial charge in [0.05, 0.1) is 12.8 Å². The molecule has 0 aliphatic heterocycles. The number of carbonyl (C=O) groups excluding carboxylic acids is 1. The molecule has 134 valence electrons. The Hall–Kier alpha value is -2.38. The van der Waals surface area contributed by atoms with Crippen LogP contribution in [0.3, 0.4) is 0 Å². The van der Waals surface area contributed by atoms with Crippen molar-refractivity contribution < 1.29 is 13.9 Å². The van der Waals surface area contributed by atoms with Crippen molar-refractivity contribution >= 4 is 34.1 Å². The van der Waals surface area contributed by atoms with E-state index < -0.39 is 0 Å². The van der Waals surface area contributed by atoms with Gasteiger partial charge in [0.1, 0.15) is 11.6 Å². The summed E-state index contributed by atoms with van der Waals surface area (Å²) in [6.07, 6.45) is 0.280. The van der Waals surface area contributed by atoms with E-state index >= 15 is 0 Å². The Morgan fingerprint density at radius 3 is 2.81 bits per heavy atom. The number of benzene rings is 2. The number of amides is 1. The van der Waals surface area contributed by atoms with Gasteiger partial charge in [0, 0.05) is 28.0 Å². The number of rotatable bonds is 7. The fourth-order valence-electron chi connectivity index (χ4n) is 2.31. The molecule has 0 spiro atoms. The molecule has 0 aliphatic carbocycles. The molecule has 1 aromatic heterocycles. The number of hydrogen-bond donors (Lipinski definition) is 1. The Kier molecular flexibility index (Phi) is 6.25. The van der Waals surface area contributed by atoms with Crippen LogP contribution in [0.25, 0.3) is 11.3 Å². The molecule has 1 heterocycles. The number of thiazole rings is 1. The predicted molar refractivity (Wildman–Crippen MR) is 104 cm³/mol. The third kappa shape index (κ3) is 4.62. The predicted octanol–water partition coefficient (Wildman–Crippen LogP) is 5.08. The van der Waals surface area contributed by atoms with Gasteiger partial charge in [0.2, 0.25) is 5.91 Å². The summed E-state index contributed by atoms with van der Waals surface area (Å²) in [5.74, 6) is 0.823. The van der Waals surface area contributed by atoms with Crippen LogP contribution in [0.5, 0.6) is 5.75 Å². The SMILES string of the molecule is COc1ccccc1-c1csc(NC(=O)CCSc2ccccc2F)n1.